The van der Waals surface area contributed by atoms with Gasteiger partial charge in [0.05, 0.1) is 24.3 Å². The van der Waals surface area contributed by atoms with Crippen molar-refractivity contribution in [3.8, 4) is 0 Å². The Morgan fingerprint density at radius 1 is 1.37 bits per heavy atom. The van der Waals surface area contributed by atoms with Crippen molar-refractivity contribution >= 4 is 44.8 Å². The molecule has 0 spiro atoms. The van der Waals surface area contributed by atoms with Crippen LogP contribution in [0.2, 0.25) is 10.0 Å². The normalized spacial score (nSPS) is 21.5. The first-order valence-electron chi connectivity index (χ1n) is 5.57. The van der Waals surface area contributed by atoms with Crippen LogP contribution in [0.1, 0.15) is 0 Å². The minimum Gasteiger partial charge on any atom is -0.378 e. The molecule has 2 rings (SSSR count). The number of rotatable bonds is 3. The second-order valence-corrected chi connectivity index (χ2v) is 7.08. The van der Waals surface area contributed by atoms with Crippen LogP contribution in [-0.2, 0) is 14.8 Å². The molecule has 0 radical (unpaired) electrons. The molecule has 1 atom stereocenters. The van der Waals surface area contributed by atoms with Gasteiger partial charge in [-0.25, -0.2) is 8.42 Å². The zero-order chi connectivity index (χ0) is 14.0. The van der Waals surface area contributed by atoms with Gasteiger partial charge < -0.3 is 4.74 Å². The second-order valence-electron chi connectivity index (χ2n) is 4.07. The molecule has 0 saturated carbocycles. The second kappa shape index (κ2) is 6.16. The molecule has 1 aliphatic rings. The highest BCUT2D eigenvalue weighted by Crippen LogP contribution is 2.29. The van der Waals surface area contributed by atoms with Crippen LogP contribution in [0, 0.1) is 0 Å². The molecule has 1 aromatic rings. The van der Waals surface area contributed by atoms with Crippen LogP contribution in [0.4, 0.5) is 0 Å². The molecular formula is C11H12Cl3NO3S. The minimum atomic E-state index is -3.72. The van der Waals surface area contributed by atoms with Gasteiger partial charge in [0.2, 0.25) is 10.0 Å². The zero-order valence-electron chi connectivity index (χ0n) is 9.85. The number of alkyl halides is 1. The number of halogens is 3. The van der Waals surface area contributed by atoms with Crippen molar-refractivity contribution in [3.63, 3.8) is 0 Å². The van der Waals surface area contributed by atoms with Gasteiger partial charge in [0.15, 0.2) is 0 Å². The maximum atomic E-state index is 12.6. The van der Waals surface area contributed by atoms with Gasteiger partial charge in [-0.05, 0) is 18.2 Å². The van der Waals surface area contributed by atoms with Gasteiger partial charge in [-0.2, -0.15) is 4.31 Å². The number of ether oxygens (including phenoxy) is 1. The molecule has 1 aromatic carbocycles. The molecule has 106 valence electrons. The maximum absolute atomic E-state index is 12.6. The fourth-order valence-electron chi connectivity index (χ4n) is 1.88. The van der Waals surface area contributed by atoms with Crippen molar-refractivity contribution in [2.45, 2.75) is 10.9 Å². The lowest BCUT2D eigenvalue weighted by Gasteiger charge is -2.33. The van der Waals surface area contributed by atoms with E-state index in [0.717, 1.165) is 0 Å². The lowest BCUT2D eigenvalue weighted by molar-refractivity contribution is 0.0404. The van der Waals surface area contributed by atoms with E-state index < -0.39 is 16.1 Å². The summed E-state index contributed by atoms with van der Waals surface area (Å²) in [5.74, 6) is 0.164. The molecule has 0 aromatic heterocycles. The summed E-state index contributed by atoms with van der Waals surface area (Å²) < 4.78 is 31.8. The average molecular weight is 345 g/mol. The van der Waals surface area contributed by atoms with Crippen molar-refractivity contribution < 1.29 is 13.2 Å². The largest absolute Gasteiger partial charge is 0.378 e. The summed E-state index contributed by atoms with van der Waals surface area (Å²) in [5, 5.41) is 0.461. The van der Waals surface area contributed by atoms with Crippen molar-refractivity contribution in [1.82, 2.24) is 4.31 Å². The van der Waals surface area contributed by atoms with E-state index in [0.29, 0.717) is 11.6 Å². The molecule has 0 N–H and O–H groups in total. The van der Waals surface area contributed by atoms with E-state index in [1.165, 1.54) is 16.4 Å². The fourth-order valence-corrected chi connectivity index (χ4v) is 4.55. The molecule has 0 amide bonds. The molecule has 0 bridgehead atoms. The number of hydrogen-bond donors (Lipinski definition) is 0. The quantitative estimate of drug-likeness (QED) is 0.792. The van der Waals surface area contributed by atoms with Gasteiger partial charge in [0, 0.05) is 17.4 Å². The first-order chi connectivity index (χ1) is 8.96. The molecule has 1 heterocycles. The highest BCUT2D eigenvalue weighted by atomic mass is 35.5. The molecular weight excluding hydrogens is 333 g/mol. The van der Waals surface area contributed by atoms with Gasteiger partial charge in [0.25, 0.3) is 0 Å². The summed E-state index contributed by atoms with van der Waals surface area (Å²) in [5.41, 5.74) is 0. The maximum Gasteiger partial charge on any atom is 0.245 e. The van der Waals surface area contributed by atoms with Gasteiger partial charge in [-0.1, -0.05) is 23.2 Å². The fraction of sp³-hybridized carbons (Fsp3) is 0.455. The summed E-state index contributed by atoms with van der Waals surface area (Å²) in [7, 11) is -3.72. The SMILES string of the molecule is O=S(=O)(c1cc(Cl)ccc1Cl)N1CCOCC1CCl. The van der Waals surface area contributed by atoms with Crippen LogP contribution < -0.4 is 0 Å². The molecule has 19 heavy (non-hydrogen) atoms. The van der Waals surface area contributed by atoms with Crippen molar-refractivity contribution in [2.75, 3.05) is 25.6 Å². The summed E-state index contributed by atoms with van der Waals surface area (Å²) in [6, 6.07) is 3.96. The van der Waals surface area contributed by atoms with E-state index in [9.17, 15) is 8.42 Å². The van der Waals surface area contributed by atoms with Gasteiger partial charge in [0.1, 0.15) is 4.90 Å². The Kier molecular flexibility index (Phi) is 4.98. The first-order valence-corrected chi connectivity index (χ1v) is 8.30. The van der Waals surface area contributed by atoms with E-state index >= 15 is 0 Å². The smallest absolute Gasteiger partial charge is 0.245 e. The van der Waals surface area contributed by atoms with Crippen LogP contribution in [0.15, 0.2) is 23.1 Å². The van der Waals surface area contributed by atoms with Gasteiger partial charge in [-0.3, -0.25) is 0 Å². The third kappa shape index (κ3) is 3.17. The van der Waals surface area contributed by atoms with E-state index in [-0.39, 0.29) is 28.9 Å². The van der Waals surface area contributed by atoms with Crippen LogP contribution in [0.25, 0.3) is 0 Å². The molecule has 1 saturated heterocycles. The van der Waals surface area contributed by atoms with Gasteiger partial charge in [-0.15, -0.1) is 11.6 Å². The number of morpholine rings is 1. The minimum absolute atomic E-state index is 0.00122. The van der Waals surface area contributed by atoms with E-state index in [1.54, 1.807) is 6.07 Å². The molecule has 0 aliphatic carbocycles. The van der Waals surface area contributed by atoms with Crippen LogP contribution in [0.3, 0.4) is 0 Å². The molecule has 8 heteroatoms. The topological polar surface area (TPSA) is 46.6 Å². The zero-order valence-corrected chi connectivity index (χ0v) is 12.9. The van der Waals surface area contributed by atoms with E-state index in [1.807, 2.05) is 0 Å². The highest BCUT2D eigenvalue weighted by molar-refractivity contribution is 7.89. The summed E-state index contributed by atoms with van der Waals surface area (Å²) in [6.45, 7) is 0.869. The molecule has 1 aliphatic heterocycles. The Labute approximate surface area is 127 Å². The van der Waals surface area contributed by atoms with Crippen molar-refractivity contribution in [2.24, 2.45) is 0 Å². The summed E-state index contributed by atoms with van der Waals surface area (Å²) in [4.78, 5) is -0.00122. The molecule has 4 nitrogen and oxygen atoms in total. The van der Waals surface area contributed by atoms with E-state index in [2.05, 4.69) is 0 Å². The Morgan fingerprint density at radius 2 is 2.11 bits per heavy atom. The van der Waals surface area contributed by atoms with Crippen LogP contribution >= 0.6 is 34.8 Å². The van der Waals surface area contributed by atoms with Crippen LogP contribution in [0.5, 0.6) is 0 Å². The number of sulfonamides is 1. The predicted molar refractivity (Wildman–Crippen MR) is 75.7 cm³/mol. The average Bonchev–Trinajstić information content (AvgIpc) is 2.41. The predicted octanol–water partition coefficient (Wildman–Crippen LogP) is 2.62. The van der Waals surface area contributed by atoms with Crippen molar-refractivity contribution in [3.05, 3.63) is 28.2 Å². The highest BCUT2D eigenvalue weighted by Gasteiger charge is 2.34. The lowest BCUT2D eigenvalue weighted by Crippen LogP contribution is -2.49. The van der Waals surface area contributed by atoms with Gasteiger partial charge >= 0.3 is 0 Å². The van der Waals surface area contributed by atoms with E-state index in [4.69, 9.17) is 39.5 Å². The summed E-state index contributed by atoms with van der Waals surface area (Å²) >= 11 is 17.6. The van der Waals surface area contributed by atoms with Crippen molar-refractivity contribution in [1.29, 1.82) is 0 Å². The Hall–Kier alpha value is -0.0400. The number of hydrogen-bond acceptors (Lipinski definition) is 3. The lowest BCUT2D eigenvalue weighted by atomic mass is 10.3. The third-order valence-electron chi connectivity index (χ3n) is 2.83. The first kappa shape index (κ1) is 15.4. The molecule has 1 unspecified atom stereocenters. The molecule has 1 fully saturated rings. The summed E-state index contributed by atoms with van der Waals surface area (Å²) in [6.07, 6.45) is 0. The Morgan fingerprint density at radius 3 is 2.79 bits per heavy atom. The monoisotopic (exact) mass is 343 g/mol. The number of benzene rings is 1. The Balaban J connectivity index is 2.43. The standard InChI is InChI=1S/C11H12Cl3NO3S/c12-6-9-7-18-4-3-15(9)19(16,17)11-5-8(13)1-2-10(11)14/h1-2,5,9H,3-4,6-7H2. The number of nitrogens with zero attached hydrogens (tertiary/aromatic N) is 1. The third-order valence-corrected chi connectivity index (χ3v) is 5.86. The Bertz CT molecular complexity index is 564. The van der Waals surface area contributed by atoms with Crippen LogP contribution in [-0.4, -0.2) is 44.4 Å².